The third kappa shape index (κ3) is 5.03. The maximum atomic E-state index is 11.7. The highest BCUT2D eigenvalue weighted by Gasteiger charge is 2.43. The zero-order valence-corrected chi connectivity index (χ0v) is 19.0. The summed E-state index contributed by atoms with van der Waals surface area (Å²) in [4.78, 5) is 5.09. The number of nitrogens with one attached hydrogen (secondary N) is 2. The van der Waals surface area contributed by atoms with Gasteiger partial charge in [0.2, 0.25) is 0 Å². The minimum absolute atomic E-state index is 0.0786. The minimum atomic E-state index is -3.19. The maximum Gasteiger partial charge on any atom is 0.192 e. The lowest BCUT2D eigenvalue weighted by atomic mass is 9.86. The summed E-state index contributed by atoms with van der Waals surface area (Å²) >= 11 is 0. The van der Waals surface area contributed by atoms with E-state index in [9.17, 15) is 8.42 Å². The van der Waals surface area contributed by atoms with Crippen molar-refractivity contribution in [2.75, 3.05) is 12.8 Å². The molecule has 7 heteroatoms. The molecule has 0 aromatic heterocycles. The monoisotopic (exact) mass is 441 g/mol. The van der Waals surface area contributed by atoms with E-state index in [0.717, 1.165) is 43.1 Å². The van der Waals surface area contributed by atoms with Crippen molar-refractivity contribution >= 4 is 15.8 Å². The van der Waals surface area contributed by atoms with Crippen molar-refractivity contribution in [2.45, 2.75) is 62.1 Å². The van der Waals surface area contributed by atoms with Crippen LogP contribution in [0.1, 0.15) is 56.2 Å². The molecular weight excluding hydrogens is 410 g/mol. The topological polar surface area (TPSA) is 79.8 Å². The van der Waals surface area contributed by atoms with Crippen LogP contribution in [0, 0.1) is 0 Å². The average molecular weight is 442 g/mol. The van der Waals surface area contributed by atoms with Crippen LogP contribution in [0.2, 0.25) is 0 Å². The van der Waals surface area contributed by atoms with Crippen LogP contribution in [-0.2, 0) is 16.4 Å². The second-order valence-electron chi connectivity index (χ2n) is 8.54. The van der Waals surface area contributed by atoms with Crippen molar-refractivity contribution in [1.82, 2.24) is 10.6 Å². The fourth-order valence-electron chi connectivity index (χ4n) is 4.57. The summed E-state index contributed by atoms with van der Waals surface area (Å²) in [5.41, 5.74) is 2.05. The number of rotatable bonds is 5. The van der Waals surface area contributed by atoms with Crippen LogP contribution in [0.3, 0.4) is 0 Å². The Hall–Kier alpha value is -2.54. The van der Waals surface area contributed by atoms with Gasteiger partial charge >= 0.3 is 0 Å². The molecular formula is C24H31N3O3S. The molecule has 1 unspecified atom stereocenters. The Balaban J connectivity index is 1.53. The molecule has 2 aromatic rings. The molecule has 0 saturated heterocycles. The number of fused-ring (bicyclic) bond motifs is 1. The van der Waals surface area contributed by atoms with Crippen LogP contribution in [0.4, 0.5) is 0 Å². The molecule has 2 N–H and O–H groups in total. The van der Waals surface area contributed by atoms with Gasteiger partial charge in [-0.05, 0) is 56.4 Å². The summed E-state index contributed by atoms with van der Waals surface area (Å²) in [6.45, 7) is 3.28. The van der Waals surface area contributed by atoms with Crippen LogP contribution in [0.25, 0.3) is 0 Å². The molecule has 2 aliphatic rings. The van der Waals surface area contributed by atoms with Crippen molar-refractivity contribution in [3.8, 4) is 5.75 Å². The van der Waals surface area contributed by atoms with Crippen LogP contribution in [0.5, 0.6) is 5.75 Å². The number of guanidine groups is 1. The third-order valence-electron chi connectivity index (χ3n) is 6.14. The predicted molar refractivity (Wildman–Crippen MR) is 123 cm³/mol. The van der Waals surface area contributed by atoms with Gasteiger partial charge in [0, 0.05) is 24.8 Å². The Morgan fingerprint density at radius 3 is 2.52 bits per heavy atom. The fraction of sp³-hybridized carbons (Fsp3) is 0.458. The molecule has 4 rings (SSSR count). The molecule has 1 fully saturated rings. The fourth-order valence-corrected chi connectivity index (χ4v) is 5.20. The number of hydrogen-bond donors (Lipinski definition) is 2. The van der Waals surface area contributed by atoms with E-state index < -0.39 is 9.84 Å². The van der Waals surface area contributed by atoms with Gasteiger partial charge in [0.15, 0.2) is 15.8 Å². The molecule has 31 heavy (non-hydrogen) atoms. The average Bonchev–Trinajstić information content (AvgIpc) is 3.19. The number of ether oxygens (including phenoxy) is 1. The third-order valence-corrected chi connectivity index (χ3v) is 7.27. The van der Waals surface area contributed by atoms with Crippen LogP contribution in [0.15, 0.2) is 58.4 Å². The van der Waals surface area contributed by atoms with Gasteiger partial charge in [0.05, 0.1) is 17.5 Å². The Kier molecular flexibility index (Phi) is 6.23. The van der Waals surface area contributed by atoms with E-state index in [0.29, 0.717) is 11.4 Å². The molecule has 1 heterocycles. The van der Waals surface area contributed by atoms with Gasteiger partial charge in [-0.3, -0.25) is 0 Å². The van der Waals surface area contributed by atoms with E-state index in [1.807, 2.05) is 18.2 Å². The van der Waals surface area contributed by atoms with Crippen molar-refractivity contribution in [3.05, 3.63) is 59.7 Å². The molecule has 1 aliphatic heterocycles. The van der Waals surface area contributed by atoms with Gasteiger partial charge in [-0.1, -0.05) is 30.3 Å². The molecule has 0 amide bonds. The zero-order valence-electron chi connectivity index (χ0n) is 18.2. The van der Waals surface area contributed by atoms with Gasteiger partial charge in [0.1, 0.15) is 11.4 Å². The van der Waals surface area contributed by atoms with Crippen molar-refractivity contribution in [2.24, 2.45) is 4.99 Å². The Bertz CT molecular complexity index is 1040. The molecule has 0 bridgehead atoms. The number of sulfone groups is 1. The largest absolute Gasteiger partial charge is 0.487 e. The summed E-state index contributed by atoms with van der Waals surface area (Å²) in [6.07, 6.45) is 6.77. The first-order chi connectivity index (χ1) is 14.9. The lowest BCUT2D eigenvalue weighted by Crippen LogP contribution is -2.46. The van der Waals surface area contributed by atoms with E-state index >= 15 is 0 Å². The van der Waals surface area contributed by atoms with Gasteiger partial charge < -0.3 is 15.4 Å². The molecule has 6 nitrogen and oxygen atoms in total. The highest BCUT2D eigenvalue weighted by atomic mass is 32.2. The smallest absolute Gasteiger partial charge is 0.192 e. The first-order valence-electron chi connectivity index (χ1n) is 11.0. The standard InChI is InChI=1S/C24H31N3O3S/c1-3-25-23(26-17-18-10-12-19(13-11-18)31(2,28)29)27-21-16-24(14-6-7-15-24)30-22-9-5-4-8-20(21)22/h4-5,8-13,21H,3,6-7,14-17H2,1-2H3,(H2,25,26,27). The number of nitrogens with zero attached hydrogens (tertiary/aromatic N) is 1. The predicted octanol–water partition coefficient (Wildman–Crippen LogP) is 3.98. The summed E-state index contributed by atoms with van der Waals surface area (Å²) in [5.74, 6) is 1.73. The number of benzene rings is 2. The van der Waals surface area contributed by atoms with Gasteiger partial charge in [0.25, 0.3) is 0 Å². The summed E-state index contributed by atoms with van der Waals surface area (Å²) in [6, 6.07) is 15.3. The van der Waals surface area contributed by atoms with Crippen molar-refractivity contribution < 1.29 is 13.2 Å². The molecule has 1 saturated carbocycles. The zero-order chi connectivity index (χ0) is 21.9. The van der Waals surface area contributed by atoms with Crippen LogP contribution >= 0.6 is 0 Å². The minimum Gasteiger partial charge on any atom is -0.487 e. The normalized spacial score (nSPS) is 20.2. The molecule has 166 valence electrons. The lowest BCUT2D eigenvalue weighted by molar-refractivity contribution is 0.0396. The molecule has 2 aromatic carbocycles. The molecule has 0 radical (unpaired) electrons. The van der Waals surface area contributed by atoms with Gasteiger partial charge in [-0.2, -0.15) is 0 Å². The highest BCUT2D eigenvalue weighted by Crippen LogP contribution is 2.46. The van der Waals surface area contributed by atoms with Gasteiger partial charge in [-0.25, -0.2) is 13.4 Å². The van der Waals surface area contributed by atoms with Crippen LogP contribution < -0.4 is 15.4 Å². The Morgan fingerprint density at radius 2 is 1.84 bits per heavy atom. The summed E-state index contributed by atoms with van der Waals surface area (Å²) < 4.78 is 29.8. The van der Waals surface area contributed by atoms with Crippen LogP contribution in [-0.4, -0.2) is 32.8 Å². The first-order valence-corrected chi connectivity index (χ1v) is 12.9. The number of aliphatic imine (C=N–C) groups is 1. The van der Waals surface area contributed by atoms with E-state index in [-0.39, 0.29) is 11.6 Å². The van der Waals surface area contributed by atoms with Crippen molar-refractivity contribution in [1.29, 1.82) is 0 Å². The SMILES string of the molecule is CCNC(=NCc1ccc(S(C)(=O)=O)cc1)NC1CC2(CCCC2)Oc2ccccc21. The summed E-state index contributed by atoms with van der Waals surface area (Å²) in [5, 5.41) is 6.98. The van der Waals surface area contributed by atoms with Crippen molar-refractivity contribution in [3.63, 3.8) is 0 Å². The quantitative estimate of drug-likeness (QED) is 0.542. The van der Waals surface area contributed by atoms with E-state index in [2.05, 4.69) is 35.8 Å². The molecule has 1 aliphatic carbocycles. The molecule has 1 spiro atoms. The Morgan fingerprint density at radius 1 is 1.13 bits per heavy atom. The highest BCUT2D eigenvalue weighted by molar-refractivity contribution is 7.90. The number of para-hydroxylation sites is 1. The van der Waals surface area contributed by atoms with E-state index in [1.54, 1.807) is 12.1 Å². The second-order valence-corrected chi connectivity index (χ2v) is 10.6. The second kappa shape index (κ2) is 8.91. The van der Waals surface area contributed by atoms with E-state index in [4.69, 9.17) is 9.73 Å². The van der Waals surface area contributed by atoms with E-state index in [1.165, 1.54) is 24.7 Å². The molecule has 1 atom stereocenters. The summed E-state index contributed by atoms with van der Waals surface area (Å²) in [7, 11) is -3.19. The number of hydrogen-bond acceptors (Lipinski definition) is 4. The maximum absolute atomic E-state index is 11.7. The Labute approximate surface area is 185 Å². The first kappa shape index (κ1) is 21.7. The lowest BCUT2D eigenvalue weighted by Gasteiger charge is -2.40. The van der Waals surface area contributed by atoms with Gasteiger partial charge in [-0.15, -0.1) is 0 Å².